The summed E-state index contributed by atoms with van der Waals surface area (Å²) in [7, 11) is 1.55. The van der Waals surface area contributed by atoms with Crippen molar-refractivity contribution in [3.8, 4) is 17.0 Å². The largest absolute Gasteiger partial charge is 0.481 e. The number of nitrogens with one attached hydrogen (secondary N) is 2. The number of carbonyl (C=O) groups is 1. The number of ether oxygens (including phenoxy) is 1. The van der Waals surface area contributed by atoms with Gasteiger partial charge in [0.25, 0.3) is 5.56 Å². The number of H-pyrrole nitrogens is 1. The van der Waals surface area contributed by atoms with E-state index in [-0.39, 0.29) is 17.2 Å². The third-order valence-corrected chi connectivity index (χ3v) is 4.78. The second-order valence-electron chi connectivity index (χ2n) is 7.61. The zero-order valence-corrected chi connectivity index (χ0v) is 18.6. The van der Waals surface area contributed by atoms with Crippen LogP contribution in [0.5, 0.6) is 5.88 Å². The van der Waals surface area contributed by atoms with Crippen LogP contribution in [0.15, 0.2) is 47.5 Å². The number of aromatic amines is 1. The van der Waals surface area contributed by atoms with Crippen LogP contribution in [-0.4, -0.2) is 53.6 Å². The SMILES string of the molecule is CC(C)NC/C=C/C(=O)N1CCCCC1.COc1cc(-c2c[nH]c(=O)c(N)c2)ccn1. The summed E-state index contributed by atoms with van der Waals surface area (Å²) in [5.41, 5.74) is 7.14. The lowest BCUT2D eigenvalue weighted by Crippen LogP contribution is -2.34. The average molecular weight is 428 g/mol. The molecule has 1 fully saturated rings. The number of hydrogen-bond donors (Lipinski definition) is 3. The minimum Gasteiger partial charge on any atom is -0.481 e. The molecule has 8 heteroatoms. The molecule has 0 atom stereocenters. The predicted octanol–water partition coefficient (Wildman–Crippen LogP) is 2.58. The lowest BCUT2D eigenvalue weighted by Gasteiger charge is -2.25. The van der Waals surface area contributed by atoms with E-state index in [1.807, 2.05) is 17.0 Å². The van der Waals surface area contributed by atoms with Gasteiger partial charge in [0.2, 0.25) is 11.8 Å². The highest BCUT2D eigenvalue weighted by molar-refractivity contribution is 5.87. The number of hydrogen-bond acceptors (Lipinski definition) is 6. The molecule has 2 aromatic heterocycles. The fourth-order valence-corrected chi connectivity index (χ4v) is 3.05. The smallest absolute Gasteiger partial charge is 0.271 e. The summed E-state index contributed by atoms with van der Waals surface area (Å²) in [4.78, 5) is 31.3. The number of nitrogens with zero attached hydrogens (tertiary/aromatic N) is 2. The molecule has 2 aromatic rings. The number of piperidine rings is 1. The van der Waals surface area contributed by atoms with Gasteiger partial charge in [-0.3, -0.25) is 9.59 Å². The van der Waals surface area contributed by atoms with Gasteiger partial charge in [0.1, 0.15) is 0 Å². The Morgan fingerprint density at radius 3 is 2.68 bits per heavy atom. The minimum absolute atomic E-state index is 0.167. The van der Waals surface area contributed by atoms with Gasteiger partial charge in [-0.15, -0.1) is 0 Å². The van der Waals surface area contributed by atoms with E-state index in [1.54, 1.807) is 37.7 Å². The number of likely N-dealkylation sites (tertiary alicyclic amines) is 1. The summed E-state index contributed by atoms with van der Waals surface area (Å²) in [5.74, 6) is 0.683. The Morgan fingerprint density at radius 1 is 1.29 bits per heavy atom. The van der Waals surface area contributed by atoms with Gasteiger partial charge in [-0.1, -0.05) is 19.9 Å². The summed E-state index contributed by atoms with van der Waals surface area (Å²) in [6.07, 6.45) is 10.4. The van der Waals surface area contributed by atoms with Gasteiger partial charge in [-0.2, -0.15) is 0 Å². The Kier molecular flexibility index (Phi) is 9.77. The summed E-state index contributed by atoms with van der Waals surface area (Å²) in [6, 6.07) is 5.68. The number of aromatic nitrogens is 2. The van der Waals surface area contributed by atoms with E-state index in [0.29, 0.717) is 11.9 Å². The molecule has 8 nitrogen and oxygen atoms in total. The quantitative estimate of drug-likeness (QED) is 0.611. The molecule has 31 heavy (non-hydrogen) atoms. The van der Waals surface area contributed by atoms with Crippen molar-refractivity contribution < 1.29 is 9.53 Å². The molecule has 0 unspecified atom stereocenters. The number of anilines is 1. The molecule has 3 heterocycles. The van der Waals surface area contributed by atoms with Crippen molar-refractivity contribution in [3.05, 3.63) is 53.1 Å². The van der Waals surface area contributed by atoms with E-state index < -0.39 is 0 Å². The van der Waals surface area contributed by atoms with Crippen LogP contribution in [0.2, 0.25) is 0 Å². The van der Waals surface area contributed by atoms with E-state index in [0.717, 1.165) is 43.6 Å². The van der Waals surface area contributed by atoms with E-state index in [9.17, 15) is 9.59 Å². The maximum absolute atomic E-state index is 11.7. The van der Waals surface area contributed by atoms with Crippen LogP contribution in [0.25, 0.3) is 11.1 Å². The first-order valence-electron chi connectivity index (χ1n) is 10.6. The molecule has 0 aromatic carbocycles. The molecule has 0 spiro atoms. The number of carbonyl (C=O) groups excluding carboxylic acids is 1. The first kappa shape index (κ1) is 24.1. The Morgan fingerprint density at radius 2 is 2.03 bits per heavy atom. The lowest BCUT2D eigenvalue weighted by molar-refractivity contribution is -0.126. The molecule has 1 aliphatic heterocycles. The van der Waals surface area contributed by atoms with Crippen LogP contribution in [0.1, 0.15) is 33.1 Å². The fraction of sp³-hybridized carbons (Fsp3) is 0.435. The Hall–Kier alpha value is -3.13. The second-order valence-corrected chi connectivity index (χ2v) is 7.61. The van der Waals surface area contributed by atoms with Gasteiger partial charge in [0.05, 0.1) is 12.8 Å². The summed E-state index contributed by atoms with van der Waals surface area (Å²) in [6.45, 7) is 6.83. The predicted molar refractivity (Wildman–Crippen MR) is 124 cm³/mol. The lowest BCUT2D eigenvalue weighted by atomic mass is 10.1. The van der Waals surface area contributed by atoms with Crippen molar-refractivity contribution in [2.24, 2.45) is 0 Å². The monoisotopic (exact) mass is 427 g/mol. The molecule has 168 valence electrons. The third-order valence-electron chi connectivity index (χ3n) is 4.78. The molecule has 1 saturated heterocycles. The maximum atomic E-state index is 11.7. The molecular weight excluding hydrogens is 394 g/mol. The maximum Gasteiger partial charge on any atom is 0.271 e. The minimum atomic E-state index is -0.287. The molecule has 1 aliphatic rings. The highest BCUT2D eigenvalue weighted by atomic mass is 16.5. The van der Waals surface area contributed by atoms with E-state index in [1.165, 1.54) is 6.42 Å². The Balaban J connectivity index is 0.000000221. The number of methoxy groups -OCH3 is 1. The number of nitrogen functional groups attached to an aromatic ring is 1. The van der Waals surface area contributed by atoms with Gasteiger partial charge >= 0.3 is 0 Å². The zero-order valence-electron chi connectivity index (χ0n) is 18.6. The molecular formula is C23H33N5O3. The van der Waals surface area contributed by atoms with Gasteiger partial charge < -0.3 is 25.7 Å². The molecule has 0 bridgehead atoms. The van der Waals surface area contributed by atoms with Crippen LogP contribution < -0.4 is 21.3 Å². The third kappa shape index (κ3) is 8.25. The highest BCUT2D eigenvalue weighted by Gasteiger charge is 2.13. The standard InChI is InChI=1S/C12H22N2O.C11H11N3O2/c1-11(2)13-8-6-7-12(15)14-9-4-3-5-10-14;1-16-10-5-7(2-3-13-10)8-4-9(12)11(15)14-6-8/h6-7,11,13H,3-5,8-10H2,1-2H3;2-6H,12H2,1H3,(H,14,15)/b7-6+;. The van der Waals surface area contributed by atoms with Crippen LogP contribution in [0.3, 0.4) is 0 Å². The van der Waals surface area contributed by atoms with Crippen molar-refractivity contribution in [2.45, 2.75) is 39.2 Å². The normalized spacial score (nSPS) is 13.7. The van der Waals surface area contributed by atoms with Crippen molar-refractivity contribution in [2.75, 3.05) is 32.5 Å². The van der Waals surface area contributed by atoms with Crippen molar-refractivity contribution >= 4 is 11.6 Å². The zero-order chi connectivity index (χ0) is 22.6. The van der Waals surface area contributed by atoms with E-state index in [4.69, 9.17) is 10.5 Å². The van der Waals surface area contributed by atoms with Crippen LogP contribution in [-0.2, 0) is 4.79 Å². The second kappa shape index (κ2) is 12.5. The number of rotatable bonds is 6. The number of pyridine rings is 2. The van der Waals surface area contributed by atoms with Crippen molar-refractivity contribution in [3.63, 3.8) is 0 Å². The van der Waals surface area contributed by atoms with Gasteiger partial charge in [0, 0.05) is 55.8 Å². The van der Waals surface area contributed by atoms with E-state index >= 15 is 0 Å². The van der Waals surface area contributed by atoms with Crippen LogP contribution in [0.4, 0.5) is 5.69 Å². The van der Waals surface area contributed by atoms with Crippen molar-refractivity contribution in [1.82, 2.24) is 20.2 Å². The summed E-state index contributed by atoms with van der Waals surface area (Å²) < 4.78 is 5.02. The van der Waals surface area contributed by atoms with E-state index in [2.05, 4.69) is 29.1 Å². The average Bonchev–Trinajstić information content (AvgIpc) is 2.79. The molecule has 1 amide bonds. The first-order valence-corrected chi connectivity index (χ1v) is 10.6. The van der Waals surface area contributed by atoms with Crippen LogP contribution >= 0.6 is 0 Å². The summed E-state index contributed by atoms with van der Waals surface area (Å²) in [5, 5.41) is 3.25. The Bertz CT molecular complexity index is 917. The summed E-state index contributed by atoms with van der Waals surface area (Å²) >= 11 is 0. The molecule has 4 N–H and O–H groups in total. The van der Waals surface area contributed by atoms with Gasteiger partial charge in [-0.25, -0.2) is 4.98 Å². The number of nitrogens with two attached hydrogens (primary N) is 1. The first-order chi connectivity index (χ1) is 14.9. The molecule has 0 aliphatic carbocycles. The van der Waals surface area contributed by atoms with Crippen molar-refractivity contribution in [1.29, 1.82) is 0 Å². The Labute approximate surface area is 183 Å². The van der Waals surface area contributed by atoms with Gasteiger partial charge in [0.15, 0.2) is 0 Å². The topological polar surface area (TPSA) is 113 Å². The van der Waals surface area contributed by atoms with Gasteiger partial charge in [-0.05, 0) is 37.0 Å². The molecule has 0 radical (unpaired) electrons. The highest BCUT2D eigenvalue weighted by Crippen LogP contribution is 2.21. The number of amides is 1. The fourth-order valence-electron chi connectivity index (χ4n) is 3.05. The molecule has 0 saturated carbocycles. The van der Waals surface area contributed by atoms with Crippen LogP contribution in [0, 0.1) is 0 Å². The molecule has 3 rings (SSSR count).